The molecule has 1 saturated heterocycles. The second-order valence-corrected chi connectivity index (χ2v) is 10.1. The fourth-order valence-corrected chi connectivity index (χ4v) is 6.16. The number of halogens is 1. The van der Waals surface area contributed by atoms with Crippen molar-refractivity contribution >= 4 is 38.9 Å². The van der Waals surface area contributed by atoms with Crippen LogP contribution in [0.3, 0.4) is 0 Å². The highest BCUT2D eigenvalue weighted by atomic mass is 35.5. The molecule has 0 unspecified atom stereocenters. The van der Waals surface area contributed by atoms with E-state index in [2.05, 4.69) is 17.1 Å². The van der Waals surface area contributed by atoms with Crippen molar-refractivity contribution in [2.45, 2.75) is 37.5 Å². The van der Waals surface area contributed by atoms with Crippen LogP contribution in [0.25, 0.3) is 0 Å². The fraction of sp³-hybridized carbons (Fsp3) is 0.409. The molecule has 0 aliphatic carbocycles. The Bertz CT molecular complexity index is 1070. The van der Waals surface area contributed by atoms with Gasteiger partial charge in [0, 0.05) is 43.1 Å². The van der Waals surface area contributed by atoms with E-state index in [0.717, 1.165) is 44.5 Å². The van der Waals surface area contributed by atoms with Gasteiger partial charge in [0.05, 0.1) is 5.02 Å². The fourth-order valence-electron chi connectivity index (χ4n) is 4.14. The molecule has 1 amide bonds. The third kappa shape index (κ3) is 4.06. The van der Waals surface area contributed by atoms with Crippen LogP contribution in [0, 0.1) is 0 Å². The largest absolute Gasteiger partial charge is 0.371 e. The minimum atomic E-state index is -3.73. The van der Waals surface area contributed by atoms with Crippen LogP contribution in [0.5, 0.6) is 0 Å². The predicted octanol–water partition coefficient (Wildman–Crippen LogP) is 4.15. The Hall–Kier alpha value is -2.09. The summed E-state index contributed by atoms with van der Waals surface area (Å²) in [6.45, 7) is 4.98. The molecule has 4 rings (SSSR count). The van der Waals surface area contributed by atoms with E-state index in [-0.39, 0.29) is 21.4 Å². The summed E-state index contributed by atoms with van der Waals surface area (Å²) in [6.07, 6.45) is 3.71. The van der Waals surface area contributed by atoms with Gasteiger partial charge in [0.2, 0.25) is 10.0 Å². The minimum Gasteiger partial charge on any atom is -0.371 e. The molecule has 1 N–H and O–H groups in total. The first-order valence-corrected chi connectivity index (χ1v) is 12.2. The van der Waals surface area contributed by atoms with Gasteiger partial charge in [-0.2, -0.15) is 4.31 Å². The number of benzene rings is 2. The number of carbonyl (C=O) groups excluding carboxylic acids is 1. The van der Waals surface area contributed by atoms with Crippen LogP contribution in [0.1, 0.15) is 42.1 Å². The predicted molar refractivity (Wildman–Crippen MR) is 120 cm³/mol. The molecule has 0 saturated carbocycles. The molecule has 2 aliphatic heterocycles. The number of likely N-dealkylation sites (N-methyl/N-ethyl adjacent to an activating group) is 1. The summed E-state index contributed by atoms with van der Waals surface area (Å²) in [5.74, 6) is -0.359. The Morgan fingerprint density at radius 3 is 2.57 bits per heavy atom. The Kier molecular flexibility index (Phi) is 6.04. The van der Waals surface area contributed by atoms with Gasteiger partial charge in [-0.05, 0) is 62.1 Å². The molecule has 2 heterocycles. The maximum Gasteiger partial charge on any atom is 0.255 e. The highest BCUT2D eigenvalue weighted by Crippen LogP contribution is 2.31. The summed E-state index contributed by atoms with van der Waals surface area (Å²) >= 11 is 6.22. The number of anilines is 2. The lowest BCUT2D eigenvalue weighted by atomic mass is 10.1. The molecule has 2 aliphatic rings. The zero-order valence-corrected chi connectivity index (χ0v) is 18.6. The second kappa shape index (κ2) is 8.57. The van der Waals surface area contributed by atoms with Gasteiger partial charge in [-0.15, -0.1) is 0 Å². The number of hydrogen-bond acceptors (Lipinski definition) is 4. The van der Waals surface area contributed by atoms with Crippen molar-refractivity contribution in [3.05, 3.63) is 52.5 Å². The molecular formula is C22H26ClN3O3S. The number of rotatable bonds is 5. The van der Waals surface area contributed by atoms with E-state index in [1.165, 1.54) is 22.0 Å². The Labute approximate surface area is 182 Å². The van der Waals surface area contributed by atoms with Crippen LogP contribution in [0.4, 0.5) is 11.4 Å². The highest BCUT2D eigenvalue weighted by Gasteiger charge is 2.29. The van der Waals surface area contributed by atoms with Gasteiger partial charge in [0.25, 0.3) is 5.91 Å². The number of carbonyl (C=O) groups is 1. The number of piperidine rings is 1. The molecule has 0 aromatic heterocycles. The van der Waals surface area contributed by atoms with Crippen LogP contribution in [0.15, 0.2) is 41.3 Å². The molecule has 8 heteroatoms. The molecule has 160 valence electrons. The number of amides is 1. The van der Waals surface area contributed by atoms with Crippen LogP contribution >= 0.6 is 11.6 Å². The summed E-state index contributed by atoms with van der Waals surface area (Å²) in [5, 5.41) is 3.03. The van der Waals surface area contributed by atoms with Gasteiger partial charge in [0.1, 0.15) is 4.90 Å². The minimum absolute atomic E-state index is 0.00942. The van der Waals surface area contributed by atoms with Crippen LogP contribution < -0.4 is 10.2 Å². The molecule has 2 aromatic carbocycles. The van der Waals surface area contributed by atoms with Crippen molar-refractivity contribution in [3.63, 3.8) is 0 Å². The molecule has 0 atom stereocenters. The lowest BCUT2D eigenvalue weighted by Gasteiger charge is -2.26. The standard InChI is InChI=1S/C22H26ClN3O3S/c1-2-25-13-10-16-6-8-18(15-20(16)25)24-22(27)17-7-9-19(23)21(14-17)30(28,29)26-11-4-3-5-12-26/h6-9,14-15H,2-5,10-13H2,1H3,(H,24,27). The van der Waals surface area contributed by atoms with E-state index in [4.69, 9.17) is 11.6 Å². The summed E-state index contributed by atoms with van der Waals surface area (Å²) in [4.78, 5) is 15.1. The van der Waals surface area contributed by atoms with E-state index < -0.39 is 10.0 Å². The van der Waals surface area contributed by atoms with Gasteiger partial charge in [0.15, 0.2) is 0 Å². The number of sulfonamides is 1. The first kappa shape index (κ1) is 21.2. The number of nitrogens with zero attached hydrogens (tertiary/aromatic N) is 2. The van der Waals surface area contributed by atoms with Gasteiger partial charge in [-0.3, -0.25) is 4.79 Å². The topological polar surface area (TPSA) is 69.7 Å². The van der Waals surface area contributed by atoms with Gasteiger partial charge < -0.3 is 10.2 Å². The molecule has 1 fully saturated rings. The Balaban J connectivity index is 1.58. The summed E-state index contributed by atoms with van der Waals surface area (Å²) in [5.41, 5.74) is 3.37. The first-order chi connectivity index (χ1) is 14.4. The quantitative estimate of drug-likeness (QED) is 0.747. The lowest BCUT2D eigenvalue weighted by molar-refractivity contribution is 0.102. The summed E-state index contributed by atoms with van der Waals surface area (Å²) in [6, 6.07) is 10.3. The zero-order chi connectivity index (χ0) is 21.3. The van der Waals surface area contributed by atoms with Crippen molar-refractivity contribution in [2.75, 3.05) is 36.4 Å². The smallest absolute Gasteiger partial charge is 0.255 e. The number of nitrogens with one attached hydrogen (secondary N) is 1. The molecule has 30 heavy (non-hydrogen) atoms. The Morgan fingerprint density at radius 1 is 1.07 bits per heavy atom. The normalized spacial score (nSPS) is 17.1. The van der Waals surface area contributed by atoms with Gasteiger partial charge >= 0.3 is 0 Å². The first-order valence-electron chi connectivity index (χ1n) is 10.4. The summed E-state index contributed by atoms with van der Waals surface area (Å²) in [7, 11) is -3.73. The van der Waals surface area contributed by atoms with E-state index in [1.807, 2.05) is 18.2 Å². The van der Waals surface area contributed by atoms with E-state index in [0.29, 0.717) is 18.8 Å². The van der Waals surface area contributed by atoms with E-state index in [1.54, 1.807) is 6.07 Å². The molecule has 0 radical (unpaired) electrons. The second-order valence-electron chi connectivity index (χ2n) is 7.74. The third-order valence-electron chi connectivity index (χ3n) is 5.84. The van der Waals surface area contributed by atoms with Crippen molar-refractivity contribution < 1.29 is 13.2 Å². The van der Waals surface area contributed by atoms with Gasteiger partial charge in [-0.1, -0.05) is 24.1 Å². The highest BCUT2D eigenvalue weighted by molar-refractivity contribution is 7.89. The maximum atomic E-state index is 13.0. The van der Waals surface area contributed by atoms with Gasteiger partial charge in [-0.25, -0.2) is 8.42 Å². The van der Waals surface area contributed by atoms with E-state index >= 15 is 0 Å². The van der Waals surface area contributed by atoms with Crippen molar-refractivity contribution in [1.29, 1.82) is 0 Å². The average molecular weight is 448 g/mol. The number of hydrogen-bond donors (Lipinski definition) is 1. The zero-order valence-electron chi connectivity index (χ0n) is 17.0. The van der Waals surface area contributed by atoms with Crippen molar-refractivity contribution in [1.82, 2.24) is 4.31 Å². The molecule has 2 aromatic rings. The van der Waals surface area contributed by atoms with Crippen LogP contribution in [0.2, 0.25) is 5.02 Å². The molecular weight excluding hydrogens is 422 g/mol. The van der Waals surface area contributed by atoms with Crippen molar-refractivity contribution in [2.24, 2.45) is 0 Å². The average Bonchev–Trinajstić information content (AvgIpc) is 3.17. The lowest BCUT2D eigenvalue weighted by Crippen LogP contribution is -2.35. The SMILES string of the molecule is CCN1CCc2ccc(NC(=O)c3ccc(Cl)c(S(=O)(=O)N4CCCCC4)c3)cc21. The molecule has 0 spiro atoms. The van der Waals surface area contributed by atoms with E-state index in [9.17, 15) is 13.2 Å². The monoisotopic (exact) mass is 447 g/mol. The third-order valence-corrected chi connectivity index (χ3v) is 8.22. The van der Waals surface area contributed by atoms with Crippen LogP contribution in [-0.2, 0) is 16.4 Å². The maximum absolute atomic E-state index is 13.0. The van der Waals surface area contributed by atoms with Crippen LogP contribution in [-0.4, -0.2) is 44.8 Å². The molecule has 0 bridgehead atoms. The Morgan fingerprint density at radius 2 is 1.83 bits per heavy atom. The summed E-state index contributed by atoms with van der Waals surface area (Å²) < 4.78 is 27.5. The number of fused-ring (bicyclic) bond motifs is 1. The van der Waals surface area contributed by atoms with Crippen molar-refractivity contribution in [3.8, 4) is 0 Å². The molecule has 6 nitrogen and oxygen atoms in total.